The third kappa shape index (κ3) is 1.50. The first kappa shape index (κ1) is 8.52. The predicted octanol–water partition coefficient (Wildman–Crippen LogP) is 1.57. The van der Waals surface area contributed by atoms with E-state index in [0.29, 0.717) is 24.5 Å². The standard InChI is InChI=1S/C10H18O2/c11-6-8-7-12-10-5-3-1-2-4-9(8)10/h8-11H,1-7H2/t8?,9-,10+/m0/s1. The third-order valence-corrected chi connectivity index (χ3v) is 3.37. The van der Waals surface area contributed by atoms with Crippen molar-refractivity contribution in [3.05, 3.63) is 0 Å². The Kier molecular flexibility index (Phi) is 2.66. The molecule has 0 amide bonds. The first-order valence-corrected chi connectivity index (χ1v) is 5.14. The molecule has 2 aliphatic rings. The highest BCUT2D eigenvalue weighted by atomic mass is 16.5. The number of aliphatic hydroxyl groups excluding tert-OH is 1. The molecule has 1 aliphatic heterocycles. The molecule has 1 heterocycles. The molecule has 0 aromatic heterocycles. The highest BCUT2D eigenvalue weighted by molar-refractivity contribution is 4.85. The summed E-state index contributed by atoms with van der Waals surface area (Å²) in [5.74, 6) is 1.10. The Morgan fingerprint density at radius 3 is 2.83 bits per heavy atom. The second kappa shape index (κ2) is 3.75. The zero-order valence-electron chi connectivity index (χ0n) is 7.54. The van der Waals surface area contributed by atoms with Gasteiger partial charge in [0.05, 0.1) is 12.7 Å². The number of rotatable bonds is 1. The largest absolute Gasteiger partial charge is 0.396 e. The summed E-state index contributed by atoms with van der Waals surface area (Å²) in [5.41, 5.74) is 0. The number of ether oxygens (including phenoxy) is 1. The van der Waals surface area contributed by atoms with Gasteiger partial charge in [-0.1, -0.05) is 19.3 Å². The zero-order chi connectivity index (χ0) is 8.39. The maximum absolute atomic E-state index is 9.12. The summed E-state index contributed by atoms with van der Waals surface area (Å²) in [7, 11) is 0. The van der Waals surface area contributed by atoms with Gasteiger partial charge < -0.3 is 9.84 Å². The molecular weight excluding hydrogens is 152 g/mol. The Hall–Kier alpha value is -0.0800. The molecule has 2 fully saturated rings. The number of hydrogen-bond donors (Lipinski definition) is 1. The van der Waals surface area contributed by atoms with Crippen LogP contribution in [0.15, 0.2) is 0 Å². The van der Waals surface area contributed by atoms with Gasteiger partial charge in [0.15, 0.2) is 0 Å². The van der Waals surface area contributed by atoms with Crippen molar-refractivity contribution in [2.24, 2.45) is 11.8 Å². The molecular formula is C10H18O2. The Bertz CT molecular complexity index is 147. The highest BCUT2D eigenvalue weighted by Crippen LogP contribution is 2.36. The topological polar surface area (TPSA) is 29.5 Å². The number of fused-ring (bicyclic) bond motifs is 1. The quantitative estimate of drug-likeness (QED) is 0.647. The van der Waals surface area contributed by atoms with E-state index >= 15 is 0 Å². The smallest absolute Gasteiger partial charge is 0.0607 e. The summed E-state index contributed by atoms with van der Waals surface area (Å²) >= 11 is 0. The van der Waals surface area contributed by atoms with E-state index < -0.39 is 0 Å². The molecule has 0 aromatic rings. The van der Waals surface area contributed by atoms with Crippen molar-refractivity contribution in [3.8, 4) is 0 Å². The molecule has 2 rings (SSSR count). The van der Waals surface area contributed by atoms with Gasteiger partial charge in [-0.05, 0) is 18.8 Å². The van der Waals surface area contributed by atoms with Crippen LogP contribution in [0.3, 0.4) is 0 Å². The summed E-state index contributed by atoms with van der Waals surface area (Å²) in [6.45, 7) is 1.12. The number of hydrogen-bond acceptors (Lipinski definition) is 2. The summed E-state index contributed by atoms with van der Waals surface area (Å²) in [5, 5.41) is 9.12. The lowest BCUT2D eigenvalue weighted by atomic mass is 9.88. The van der Waals surface area contributed by atoms with Gasteiger partial charge in [0.25, 0.3) is 0 Å². The Morgan fingerprint density at radius 2 is 2.00 bits per heavy atom. The predicted molar refractivity (Wildman–Crippen MR) is 46.9 cm³/mol. The monoisotopic (exact) mass is 170 g/mol. The van der Waals surface area contributed by atoms with Gasteiger partial charge in [0.2, 0.25) is 0 Å². The fourth-order valence-corrected chi connectivity index (χ4v) is 2.61. The van der Waals surface area contributed by atoms with Crippen LogP contribution in [0.5, 0.6) is 0 Å². The van der Waals surface area contributed by atoms with Crippen molar-refractivity contribution >= 4 is 0 Å². The molecule has 1 saturated carbocycles. The van der Waals surface area contributed by atoms with E-state index in [0.717, 1.165) is 6.61 Å². The van der Waals surface area contributed by atoms with Gasteiger partial charge >= 0.3 is 0 Å². The zero-order valence-corrected chi connectivity index (χ0v) is 7.54. The van der Waals surface area contributed by atoms with Crippen molar-refractivity contribution in [2.75, 3.05) is 13.2 Å². The Morgan fingerprint density at radius 1 is 1.17 bits per heavy atom. The molecule has 2 heteroatoms. The van der Waals surface area contributed by atoms with Gasteiger partial charge in [-0.2, -0.15) is 0 Å². The van der Waals surface area contributed by atoms with E-state index in [1.807, 2.05) is 0 Å². The van der Waals surface area contributed by atoms with Crippen LogP contribution in [0, 0.1) is 11.8 Å². The van der Waals surface area contributed by atoms with Gasteiger partial charge in [-0.3, -0.25) is 0 Å². The van der Waals surface area contributed by atoms with Gasteiger partial charge in [-0.25, -0.2) is 0 Å². The molecule has 12 heavy (non-hydrogen) atoms. The van der Waals surface area contributed by atoms with Gasteiger partial charge in [0, 0.05) is 12.5 Å². The van der Waals surface area contributed by atoms with Crippen molar-refractivity contribution in [2.45, 2.75) is 38.2 Å². The van der Waals surface area contributed by atoms with Gasteiger partial charge in [0.1, 0.15) is 0 Å². The minimum atomic E-state index is 0.321. The fraction of sp³-hybridized carbons (Fsp3) is 1.00. The minimum Gasteiger partial charge on any atom is -0.396 e. The van der Waals surface area contributed by atoms with Crippen LogP contribution in [0.2, 0.25) is 0 Å². The average molecular weight is 170 g/mol. The van der Waals surface area contributed by atoms with E-state index in [1.165, 1.54) is 32.1 Å². The fourth-order valence-electron chi connectivity index (χ4n) is 2.61. The van der Waals surface area contributed by atoms with Crippen molar-refractivity contribution in [1.82, 2.24) is 0 Å². The first-order chi connectivity index (χ1) is 5.92. The highest BCUT2D eigenvalue weighted by Gasteiger charge is 2.36. The van der Waals surface area contributed by atoms with Crippen LogP contribution in [-0.2, 0) is 4.74 Å². The molecule has 0 radical (unpaired) electrons. The molecule has 0 spiro atoms. The maximum Gasteiger partial charge on any atom is 0.0607 e. The van der Waals surface area contributed by atoms with Crippen LogP contribution in [-0.4, -0.2) is 24.4 Å². The Balaban J connectivity index is 1.99. The van der Waals surface area contributed by atoms with E-state index in [4.69, 9.17) is 9.84 Å². The molecule has 3 atom stereocenters. The van der Waals surface area contributed by atoms with Gasteiger partial charge in [-0.15, -0.1) is 0 Å². The van der Waals surface area contributed by atoms with Crippen LogP contribution >= 0.6 is 0 Å². The average Bonchev–Trinajstić information content (AvgIpc) is 2.33. The summed E-state index contributed by atoms with van der Waals surface area (Å²) < 4.78 is 5.68. The van der Waals surface area contributed by atoms with E-state index in [1.54, 1.807) is 0 Å². The molecule has 1 unspecified atom stereocenters. The lowest BCUT2D eigenvalue weighted by Gasteiger charge is -2.18. The molecule has 1 N–H and O–H groups in total. The van der Waals surface area contributed by atoms with Crippen LogP contribution in [0.1, 0.15) is 32.1 Å². The van der Waals surface area contributed by atoms with Crippen LogP contribution < -0.4 is 0 Å². The minimum absolute atomic E-state index is 0.321. The SMILES string of the molecule is OCC1CO[C@@H]2CCCCC[C@@H]12. The molecule has 2 nitrogen and oxygen atoms in total. The first-order valence-electron chi connectivity index (χ1n) is 5.14. The van der Waals surface area contributed by atoms with Crippen LogP contribution in [0.25, 0.3) is 0 Å². The van der Waals surface area contributed by atoms with Crippen molar-refractivity contribution in [3.63, 3.8) is 0 Å². The second-order valence-electron chi connectivity index (χ2n) is 4.12. The van der Waals surface area contributed by atoms with E-state index in [-0.39, 0.29) is 0 Å². The summed E-state index contributed by atoms with van der Waals surface area (Å²) in [6.07, 6.45) is 6.98. The van der Waals surface area contributed by atoms with E-state index in [9.17, 15) is 0 Å². The summed E-state index contributed by atoms with van der Waals surface area (Å²) in [6, 6.07) is 0. The lowest BCUT2D eigenvalue weighted by Crippen LogP contribution is -2.21. The van der Waals surface area contributed by atoms with Crippen LogP contribution in [0.4, 0.5) is 0 Å². The number of aliphatic hydroxyl groups is 1. The summed E-state index contributed by atoms with van der Waals surface area (Å²) in [4.78, 5) is 0. The normalized spacial score (nSPS) is 42.2. The van der Waals surface area contributed by atoms with E-state index in [2.05, 4.69) is 0 Å². The van der Waals surface area contributed by atoms with Crippen molar-refractivity contribution < 1.29 is 9.84 Å². The van der Waals surface area contributed by atoms with Crippen molar-refractivity contribution in [1.29, 1.82) is 0 Å². The molecule has 0 bridgehead atoms. The second-order valence-corrected chi connectivity index (χ2v) is 4.12. The molecule has 1 aliphatic carbocycles. The third-order valence-electron chi connectivity index (χ3n) is 3.37. The Labute approximate surface area is 73.9 Å². The molecule has 1 saturated heterocycles. The maximum atomic E-state index is 9.12. The molecule has 70 valence electrons. The molecule has 0 aromatic carbocycles. The lowest BCUT2D eigenvalue weighted by molar-refractivity contribution is 0.0839.